The minimum atomic E-state index is -0.366. The molecule has 1 saturated carbocycles. The topological polar surface area (TPSA) is 77.0 Å². The van der Waals surface area contributed by atoms with Crippen LogP contribution in [0.1, 0.15) is 16.5 Å². The van der Waals surface area contributed by atoms with E-state index in [0.29, 0.717) is 40.7 Å². The first-order chi connectivity index (χ1) is 14.8. The molecular formula is C21H20Cl3N5OS. The number of aromatic nitrogens is 3. The zero-order valence-electron chi connectivity index (χ0n) is 16.9. The van der Waals surface area contributed by atoms with E-state index in [0.717, 1.165) is 23.8 Å². The predicted molar refractivity (Wildman–Crippen MR) is 126 cm³/mol. The molecule has 6 nitrogen and oxygen atoms in total. The van der Waals surface area contributed by atoms with E-state index < -0.39 is 0 Å². The quantitative estimate of drug-likeness (QED) is 0.585. The normalized spacial score (nSPS) is 24.5. The highest BCUT2D eigenvalue weighted by molar-refractivity contribution is 7.09. The first-order valence-corrected chi connectivity index (χ1v) is 11.9. The summed E-state index contributed by atoms with van der Waals surface area (Å²) in [6.07, 6.45) is 0. The van der Waals surface area contributed by atoms with Gasteiger partial charge in [-0.15, -0.1) is 11.3 Å². The van der Waals surface area contributed by atoms with Crippen LogP contribution in [0.3, 0.4) is 0 Å². The summed E-state index contributed by atoms with van der Waals surface area (Å²) in [4.78, 5) is 24.6. The molecule has 3 aromatic rings. The van der Waals surface area contributed by atoms with Crippen LogP contribution in [0.25, 0.3) is 5.69 Å². The highest BCUT2D eigenvalue weighted by Gasteiger charge is 2.69. The third-order valence-electron chi connectivity index (χ3n) is 6.54. The van der Waals surface area contributed by atoms with Crippen LogP contribution in [0.2, 0.25) is 15.1 Å². The summed E-state index contributed by atoms with van der Waals surface area (Å²) in [7, 11) is 0. The van der Waals surface area contributed by atoms with Crippen molar-refractivity contribution in [3.05, 3.63) is 65.5 Å². The average Bonchev–Trinajstić information content (AvgIpc) is 3.08. The Hall–Kier alpha value is -1.64. The zero-order valence-corrected chi connectivity index (χ0v) is 20.0. The molecule has 2 aromatic heterocycles. The van der Waals surface area contributed by atoms with Crippen LogP contribution < -0.4 is 16.2 Å². The molecule has 2 fully saturated rings. The number of thiazole rings is 1. The number of halogens is 3. The zero-order chi connectivity index (χ0) is 22.1. The van der Waals surface area contributed by atoms with Gasteiger partial charge < -0.3 is 10.6 Å². The maximum absolute atomic E-state index is 13.2. The van der Waals surface area contributed by atoms with E-state index in [4.69, 9.17) is 45.5 Å². The van der Waals surface area contributed by atoms with Crippen LogP contribution in [-0.4, -0.2) is 34.2 Å². The number of aryl methyl sites for hydroxylation is 2. The summed E-state index contributed by atoms with van der Waals surface area (Å²) in [5.74, 6) is 1.76. The SMILES string of the molecule is Cc1csc(C2(CN)[C@@H]3CN(c4nc(C)n(-c5cccc(Cl)c5Cl)c(=O)c4Cl)C[C@@H]32)n1. The van der Waals surface area contributed by atoms with E-state index in [2.05, 4.69) is 15.3 Å². The maximum Gasteiger partial charge on any atom is 0.279 e. The van der Waals surface area contributed by atoms with Crippen LogP contribution in [0, 0.1) is 25.7 Å². The van der Waals surface area contributed by atoms with Crippen molar-refractivity contribution >= 4 is 52.0 Å². The molecule has 0 spiro atoms. The van der Waals surface area contributed by atoms with Gasteiger partial charge in [0.2, 0.25) is 0 Å². The van der Waals surface area contributed by atoms with E-state index >= 15 is 0 Å². The summed E-state index contributed by atoms with van der Waals surface area (Å²) in [5.41, 5.74) is 7.26. The number of hydrogen-bond acceptors (Lipinski definition) is 6. The maximum atomic E-state index is 13.2. The fourth-order valence-corrected chi connectivity index (χ4v) is 6.70. The van der Waals surface area contributed by atoms with Crippen molar-refractivity contribution in [2.45, 2.75) is 19.3 Å². The smallest absolute Gasteiger partial charge is 0.279 e. The van der Waals surface area contributed by atoms with Crippen molar-refractivity contribution in [1.29, 1.82) is 0 Å². The Kier molecular flexibility index (Phi) is 5.10. The fourth-order valence-electron chi connectivity index (χ4n) is 4.93. The first kappa shape index (κ1) is 21.2. The van der Waals surface area contributed by atoms with Crippen LogP contribution in [-0.2, 0) is 5.41 Å². The van der Waals surface area contributed by atoms with E-state index in [1.165, 1.54) is 4.57 Å². The lowest BCUT2D eigenvalue weighted by Crippen LogP contribution is -2.36. The van der Waals surface area contributed by atoms with Gasteiger partial charge in [-0.25, -0.2) is 9.97 Å². The Labute approximate surface area is 198 Å². The van der Waals surface area contributed by atoms with Crippen molar-refractivity contribution in [3.63, 3.8) is 0 Å². The fraction of sp³-hybridized carbons (Fsp3) is 0.381. The van der Waals surface area contributed by atoms with Gasteiger partial charge in [0.05, 0.1) is 15.7 Å². The van der Waals surface area contributed by atoms with Gasteiger partial charge in [-0.3, -0.25) is 9.36 Å². The van der Waals surface area contributed by atoms with Gasteiger partial charge in [0.25, 0.3) is 5.56 Å². The number of rotatable bonds is 4. The Bertz CT molecular complexity index is 1240. The molecule has 2 N–H and O–H groups in total. The summed E-state index contributed by atoms with van der Waals surface area (Å²) < 4.78 is 1.40. The Morgan fingerprint density at radius 2 is 1.87 bits per heavy atom. The monoisotopic (exact) mass is 495 g/mol. The Balaban J connectivity index is 1.47. The number of nitrogens with two attached hydrogens (primary N) is 1. The lowest BCUT2D eigenvalue weighted by atomic mass is 10.0. The molecule has 10 heteroatoms. The minimum absolute atomic E-state index is 0.0692. The molecule has 0 bridgehead atoms. The Morgan fingerprint density at radius 1 is 1.16 bits per heavy atom. The van der Waals surface area contributed by atoms with Crippen molar-refractivity contribution < 1.29 is 0 Å². The first-order valence-electron chi connectivity index (χ1n) is 9.90. The summed E-state index contributed by atoms with van der Waals surface area (Å²) in [6, 6.07) is 5.12. The van der Waals surface area contributed by atoms with Gasteiger partial charge in [0.1, 0.15) is 15.9 Å². The molecule has 3 atom stereocenters. The molecule has 162 valence electrons. The van der Waals surface area contributed by atoms with Gasteiger partial charge >= 0.3 is 0 Å². The highest BCUT2D eigenvalue weighted by atomic mass is 35.5. The van der Waals surface area contributed by atoms with Gasteiger partial charge in [-0.2, -0.15) is 0 Å². The third-order valence-corrected chi connectivity index (χ3v) is 8.83. The number of nitrogens with zero attached hydrogens (tertiary/aromatic N) is 4. The number of benzene rings is 1. The van der Waals surface area contributed by atoms with Crippen LogP contribution >= 0.6 is 46.1 Å². The summed E-state index contributed by atoms with van der Waals surface area (Å²) in [6.45, 7) is 5.82. The predicted octanol–water partition coefficient (Wildman–Crippen LogP) is 4.23. The second-order valence-electron chi connectivity index (χ2n) is 8.17. The number of fused-ring (bicyclic) bond motifs is 1. The summed E-state index contributed by atoms with van der Waals surface area (Å²) in [5, 5.41) is 3.91. The van der Waals surface area contributed by atoms with Crippen molar-refractivity contribution in [2.24, 2.45) is 17.6 Å². The highest BCUT2D eigenvalue weighted by Crippen LogP contribution is 2.63. The lowest BCUT2D eigenvalue weighted by Gasteiger charge is -2.27. The molecule has 0 radical (unpaired) electrons. The molecular weight excluding hydrogens is 477 g/mol. The number of anilines is 1. The minimum Gasteiger partial charge on any atom is -0.354 e. The van der Waals surface area contributed by atoms with E-state index in [1.807, 2.05) is 6.92 Å². The van der Waals surface area contributed by atoms with Crippen LogP contribution in [0.4, 0.5) is 5.82 Å². The van der Waals surface area contributed by atoms with Gasteiger partial charge in [0.15, 0.2) is 5.82 Å². The second kappa shape index (κ2) is 7.46. The van der Waals surface area contributed by atoms with Crippen LogP contribution in [0.15, 0.2) is 28.4 Å². The second-order valence-corrected chi connectivity index (χ2v) is 10.2. The van der Waals surface area contributed by atoms with Gasteiger partial charge in [-0.05, 0) is 37.8 Å². The van der Waals surface area contributed by atoms with Crippen molar-refractivity contribution in [3.8, 4) is 5.69 Å². The van der Waals surface area contributed by atoms with E-state index in [1.54, 1.807) is 36.5 Å². The molecule has 3 heterocycles. The molecule has 2 aliphatic rings. The molecule has 31 heavy (non-hydrogen) atoms. The molecule has 0 amide bonds. The molecule has 1 aliphatic heterocycles. The number of piperidine rings is 1. The average molecular weight is 497 g/mol. The molecule has 5 rings (SSSR count). The number of hydrogen-bond donors (Lipinski definition) is 1. The largest absolute Gasteiger partial charge is 0.354 e. The third kappa shape index (κ3) is 3.05. The van der Waals surface area contributed by atoms with Gasteiger partial charge in [0, 0.05) is 36.1 Å². The van der Waals surface area contributed by atoms with E-state index in [9.17, 15) is 4.79 Å². The molecule has 1 aliphatic carbocycles. The summed E-state index contributed by atoms with van der Waals surface area (Å²) >= 11 is 20.7. The van der Waals surface area contributed by atoms with Crippen molar-refractivity contribution in [1.82, 2.24) is 14.5 Å². The lowest BCUT2D eigenvalue weighted by molar-refractivity contribution is 0.548. The Morgan fingerprint density at radius 3 is 2.48 bits per heavy atom. The van der Waals surface area contributed by atoms with E-state index in [-0.39, 0.29) is 21.0 Å². The van der Waals surface area contributed by atoms with Crippen LogP contribution in [0.5, 0.6) is 0 Å². The molecule has 1 unspecified atom stereocenters. The van der Waals surface area contributed by atoms with Crippen molar-refractivity contribution in [2.75, 3.05) is 24.5 Å². The molecule has 1 saturated heterocycles. The molecule has 1 aromatic carbocycles. The van der Waals surface area contributed by atoms with Gasteiger partial charge in [-0.1, -0.05) is 40.9 Å². The standard InChI is InChI=1S/C21H20Cl3N5OS/c1-10-8-31-20(26-10)21(9-25)12-6-28(7-13(12)21)18-17(24)19(30)29(11(2)27-18)15-5-3-4-14(22)16(15)23/h3-5,8,12-13H,6-7,9,25H2,1-2H3/t12-,13+,21?.